The molecule has 0 spiro atoms. The number of unbranched alkanes of at least 4 members (excludes halogenated alkanes) is 5. The molecule has 0 saturated carbocycles. The number of Topliss-reactive ketones (excluding diaryl/α,β-unsaturated/α-hetero) is 1. The molecule has 0 amide bonds. The number of ether oxygens (including phenoxy) is 2. The van der Waals surface area contributed by atoms with Gasteiger partial charge in [0.1, 0.15) is 11.9 Å². The zero-order chi connectivity index (χ0) is 22.1. The topological polar surface area (TPSA) is 69.7 Å². The van der Waals surface area contributed by atoms with Gasteiger partial charge in [0.25, 0.3) is 0 Å². The molecular formula is C24H44O5. The van der Waals surface area contributed by atoms with Crippen LogP contribution in [0.1, 0.15) is 118 Å². The van der Waals surface area contributed by atoms with E-state index >= 15 is 0 Å². The van der Waals surface area contributed by atoms with Crippen molar-refractivity contribution in [2.24, 2.45) is 5.41 Å². The van der Waals surface area contributed by atoms with E-state index in [0.717, 1.165) is 77.0 Å². The van der Waals surface area contributed by atoms with Gasteiger partial charge in [-0.2, -0.15) is 0 Å². The Balaban J connectivity index is 4.29. The first-order chi connectivity index (χ1) is 13.7. The van der Waals surface area contributed by atoms with E-state index in [1.54, 1.807) is 6.92 Å². The Kier molecular flexibility index (Phi) is 15.6. The van der Waals surface area contributed by atoms with Crippen molar-refractivity contribution in [1.29, 1.82) is 0 Å². The van der Waals surface area contributed by atoms with Crippen molar-refractivity contribution in [3.8, 4) is 0 Å². The van der Waals surface area contributed by atoms with Gasteiger partial charge in [-0.15, -0.1) is 0 Å². The lowest BCUT2D eigenvalue weighted by atomic mass is 9.76. The van der Waals surface area contributed by atoms with Crippen molar-refractivity contribution in [2.45, 2.75) is 124 Å². The predicted octanol–water partition coefficient (Wildman–Crippen LogP) is 6.17. The third kappa shape index (κ3) is 14.3. The molecule has 0 radical (unpaired) electrons. The van der Waals surface area contributed by atoms with Crippen LogP contribution in [0, 0.1) is 5.41 Å². The monoisotopic (exact) mass is 412 g/mol. The van der Waals surface area contributed by atoms with E-state index in [4.69, 9.17) is 9.47 Å². The Morgan fingerprint density at radius 2 is 1.45 bits per heavy atom. The second-order valence-corrected chi connectivity index (χ2v) is 8.46. The lowest BCUT2D eigenvalue weighted by molar-refractivity contribution is -0.147. The van der Waals surface area contributed by atoms with E-state index in [1.165, 1.54) is 6.92 Å². The molecular weight excluding hydrogens is 368 g/mol. The Bertz CT molecular complexity index is 474. The maximum atomic E-state index is 12.3. The number of rotatable bonds is 18. The Morgan fingerprint density at radius 1 is 0.828 bits per heavy atom. The number of hydrogen-bond acceptors (Lipinski definition) is 5. The first kappa shape index (κ1) is 27.6. The summed E-state index contributed by atoms with van der Waals surface area (Å²) in [6.45, 7) is 9.63. The summed E-state index contributed by atoms with van der Waals surface area (Å²) in [4.78, 5) is 35.0. The molecule has 5 nitrogen and oxygen atoms in total. The average Bonchev–Trinajstić information content (AvgIpc) is 2.64. The van der Waals surface area contributed by atoms with Gasteiger partial charge in [0.05, 0.1) is 6.61 Å². The van der Waals surface area contributed by atoms with Crippen LogP contribution in [0.3, 0.4) is 0 Å². The highest BCUT2D eigenvalue weighted by Gasteiger charge is 2.29. The van der Waals surface area contributed by atoms with Crippen molar-refractivity contribution < 1.29 is 23.9 Å². The summed E-state index contributed by atoms with van der Waals surface area (Å²) in [5, 5.41) is 0. The number of ketones is 1. The summed E-state index contributed by atoms with van der Waals surface area (Å²) in [5.41, 5.74) is -0.314. The highest BCUT2D eigenvalue weighted by Crippen LogP contribution is 2.33. The molecule has 0 fully saturated rings. The molecule has 0 aliphatic rings. The van der Waals surface area contributed by atoms with Crippen LogP contribution in [0.5, 0.6) is 0 Å². The van der Waals surface area contributed by atoms with Crippen LogP contribution in [0.15, 0.2) is 0 Å². The number of esters is 2. The predicted molar refractivity (Wildman–Crippen MR) is 117 cm³/mol. The van der Waals surface area contributed by atoms with Crippen LogP contribution >= 0.6 is 0 Å². The molecule has 0 aliphatic heterocycles. The van der Waals surface area contributed by atoms with Crippen molar-refractivity contribution in [3.63, 3.8) is 0 Å². The fraction of sp³-hybridized carbons (Fsp3) is 0.875. The SMILES string of the molecule is CCCCCC(CCCC(C)(CCCCCCC(=O)OCC)C(C)=O)OC(C)=O. The van der Waals surface area contributed by atoms with Gasteiger partial charge in [-0.25, -0.2) is 0 Å². The van der Waals surface area contributed by atoms with Gasteiger partial charge in [0, 0.05) is 18.8 Å². The lowest BCUT2D eigenvalue weighted by Gasteiger charge is -2.28. The van der Waals surface area contributed by atoms with Gasteiger partial charge in [0.15, 0.2) is 0 Å². The highest BCUT2D eigenvalue weighted by molar-refractivity contribution is 5.81. The van der Waals surface area contributed by atoms with Gasteiger partial charge in [-0.3, -0.25) is 14.4 Å². The van der Waals surface area contributed by atoms with Crippen molar-refractivity contribution in [1.82, 2.24) is 0 Å². The first-order valence-corrected chi connectivity index (χ1v) is 11.6. The Hall–Kier alpha value is -1.39. The van der Waals surface area contributed by atoms with E-state index in [-0.39, 0.29) is 29.2 Å². The van der Waals surface area contributed by atoms with E-state index in [0.29, 0.717) is 13.0 Å². The lowest BCUT2D eigenvalue weighted by Crippen LogP contribution is -2.26. The van der Waals surface area contributed by atoms with Crippen LogP contribution in [-0.4, -0.2) is 30.4 Å². The molecule has 2 atom stereocenters. The van der Waals surface area contributed by atoms with Crippen LogP contribution in [0.25, 0.3) is 0 Å². The highest BCUT2D eigenvalue weighted by atomic mass is 16.5. The summed E-state index contributed by atoms with van der Waals surface area (Å²) in [6.07, 6.45) is 12.0. The van der Waals surface area contributed by atoms with Gasteiger partial charge >= 0.3 is 11.9 Å². The van der Waals surface area contributed by atoms with E-state index in [1.807, 2.05) is 6.92 Å². The second kappa shape index (κ2) is 16.4. The quantitative estimate of drug-likeness (QED) is 0.199. The molecule has 0 aromatic rings. The maximum absolute atomic E-state index is 12.3. The third-order valence-electron chi connectivity index (χ3n) is 5.73. The fourth-order valence-corrected chi connectivity index (χ4v) is 3.69. The van der Waals surface area contributed by atoms with Gasteiger partial charge < -0.3 is 9.47 Å². The number of carbonyl (C=O) groups is 3. The molecule has 0 bridgehead atoms. The average molecular weight is 413 g/mol. The van der Waals surface area contributed by atoms with Crippen LogP contribution in [-0.2, 0) is 23.9 Å². The Morgan fingerprint density at radius 3 is 2.03 bits per heavy atom. The summed E-state index contributed by atoms with van der Waals surface area (Å²) < 4.78 is 10.4. The normalized spacial score (nSPS) is 14.1. The molecule has 29 heavy (non-hydrogen) atoms. The first-order valence-electron chi connectivity index (χ1n) is 11.6. The van der Waals surface area contributed by atoms with Crippen LogP contribution in [0.2, 0.25) is 0 Å². The van der Waals surface area contributed by atoms with Crippen molar-refractivity contribution in [3.05, 3.63) is 0 Å². The van der Waals surface area contributed by atoms with E-state index in [9.17, 15) is 14.4 Å². The van der Waals surface area contributed by atoms with E-state index < -0.39 is 0 Å². The zero-order valence-corrected chi connectivity index (χ0v) is 19.5. The zero-order valence-electron chi connectivity index (χ0n) is 19.5. The minimum atomic E-state index is -0.314. The standard InChI is InChI=1S/C24H44O5/c1-6-8-11-15-22(29-21(4)26)16-14-19-24(5,20(3)25)18-13-10-9-12-17-23(27)28-7-2/h22H,6-19H2,1-5H3. The summed E-state index contributed by atoms with van der Waals surface area (Å²) in [6, 6.07) is 0. The third-order valence-corrected chi connectivity index (χ3v) is 5.73. The van der Waals surface area contributed by atoms with Gasteiger partial charge in [-0.1, -0.05) is 46.0 Å². The van der Waals surface area contributed by atoms with E-state index in [2.05, 4.69) is 13.8 Å². The molecule has 0 rings (SSSR count). The van der Waals surface area contributed by atoms with Crippen LogP contribution < -0.4 is 0 Å². The molecule has 0 heterocycles. The summed E-state index contributed by atoms with van der Waals surface area (Å²) >= 11 is 0. The van der Waals surface area contributed by atoms with Gasteiger partial charge in [0.2, 0.25) is 0 Å². The van der Waals surface area contributed by atoms with Gasteiger partial charge in [-0.05, 0) is 58.8 Å². The molecule has 0 aromatic heterocycles. The fourth-order valence-electron chi connectivity index (χ4n) is 3.69. The maximum Gasteiger partial charge on any atom is 0.305 e. The largest absolute Gasteiger partial charge is 0.466 e. The van der Waals surface area contributed by atoms with Crippen molar-refractivity contribution in [2.75, 3.05) is 6.61 Å². The molecule has 170 valence electrons. The Labute approximate surface area is 178 Å². The molecule has 0 N–H and O–H groups in total. The minimum Gasteiger partial charge on any atom is -0.466 e. The number of carbonyl (C=O) groups excluding carboxylic acids is 3. The molecule has 0 aromatic carbocycles. The molecule has 2 unspecified atom stereocenters. The smallest absolute Gasteiger partial charge is 0.305 e. The van der Waals surface area contributed by atoms with Crippen molar-refractivity contribution >= 4 is 17.7 Å². The summed E-state index contributed by atoms with van der Waals surface area (Å²) in [5.74, 6) is -0.106. The van der Waals surface area contributed by atoms with Crippen LogP contribution in [0.4, 0.5) is 0 Å². The molecule has 5 heteroatoms. The number of hydrogen-bond donors (Lipinski definition) is 0. The second-order valence-electron chi connectivity index (χ2n) is 8.46. The molecule has 0 aliphatic carbocycles. The molecule has 0 saturated heterocycles. The summed E-state index contributed by atoms with van der Waals surface area (Å²) in [7, 11) is 0. The minimum absolute atomic E-state index is 0.0295.